The third kappa shape index (κ3) is 6.44. The van der Waals surface area contributed by atoms with E-state index in [4.69, 9.17) is 14.7 Å². The number of hydrogen-bond donors (Lipinski definition) is 0. The van der Waals surface area contributed by atoms with E-state index < -0.39 is 9.84 Å². The normalized spacial score (nSPS) is 21.0. The molecular weight excluding hydrogens is 460 g/mol. The van der Waals surface area contributed by atoms with E-state index in [0.717, 1.165) is 34.8 Å². The van der Waals surface area contributed by atoms with E-state index >= 15 is 0 Å². The summed E-state index contributed by atoms with van der Waals surface area (Å²) in [6, 6.07) is 7.63. The molecule has 1 atom stereocenters. The maximum Gasteiger partial charge on any atom is 0.233 e. The molecule has 0 aliphatic carbocycles. The Morgan fingerprint density at radius 2 is 2.00 bits per heavy atom. The molecule has 1 aromatic heterocycles. The van der Waals surface area contributed by atoms with Gasteiger partial charge in [0, 0.05) is 31.1 Å². The van der Waals surface area contributed by atoms with Crippen molar-refractivity contribution in [3.63, 3.8) is 0 Å². The molecule has 33 heavy (non-hydrogen) atoms. The molecule has 180 valence electrons. The van der Waals surface area contributed by atoms with Gasteiger partial charge in [-0.1, -0.05) is 43.8 Å². The number of hydrogen-bond acceptors (Lipinski definition) is 8. The maximum atomic E-state index is 13.2. The molecule has 0 bridgehead atoms. The van der Waals surface area contributed by atoms with Gasteiger partial charge < -0.3 is 9.64 Å². The first-order valence-corrected chi connectivity index (χ1v) is 14.3. The number of carbonyl (C=O) groups is 1. The predicted octanol–water partition coefficient (Wildman–Crippen LogP) is 2.23. The highest BCUT2D eigenvalue weighted by molar-refractivity contribution is 8.00. The van der Waals surface area contributed by atoms with Gasteiger partial charge in [-0.15, -0.1) is 0 Å². The minimum Gasteiger partial charge on any atom is -0.379 e. The zero-order valence-electron chi connectivity index (χ0n) is 19.3. The van der Waals surface area contributed by atoms with Crippen molar-refractivity contribution in [1.82, 2.24) is 19.8 Å². The number of nitrogens with zero attached hydrogens (tertiary/aromatic N) is 4. The Morgan fingerprint density at radius 3 is 2.70 bits per heavy atom. The second-order valence-corrected chi connectivity index (χ2v) is 12.3. The Hall–Kier alpha value is -1.75. The van der Waals surface area contributed by atoms with Crippen LogP contribution in [-0.2, 0) is 25.9 Å². The lowest BCUT2D eigenvalue weighted by molar-refractivity contribution is -0.130. The number of para-hydroxylation sites is 1. The van der Waals surface area contributed by atoms with Gasteiger partial charge in [0.25, 0.3) is 0 Å². The van der Waals surface area contributed by atoms with Crippen molar-refractivity contribution in [2.45, 2.75) is 37.9 Å². The summed E-state index contributed by atoms with van der Waals surface area (Å²) < 4.78 is 29.5. The van der Waals surface area contributed by atoms with Crippen LogP contribution in [0.5, 0.6) is 0 Å². The van der Waals surface area contributed by atoms with Crippen LogP contribution in [-0.4, -0.2) is 90.2 Å². The van der Waals surface area contributed by atoms with Crippen LogP contribution in [0.1, 0.15) is 26.1 Å². The van der Waals surface area contributed by atoms with Crippen LogP contribution >= 0.6 is 11.8 Å². The van der Waals surface area contributed by atoms with Crippen LogP contribution in [0.4, 0.5) is 0 Å². The first kappa shape index (κ1) is 24.4. The summed E-state index contributed by atoms with van der Waals surface area (Å²) in [5.41, 5.74) is 0.867. The molecule has 2 aliphatic rings. The molecule has 0 saturated carbocycles. The van der Waals surface area contributed by atoms with Gasteiger partial charge in [0.1, 0.15) is 10.9 Å². The molecule has 1 aromatic carbocycles. The highest BCUT2D eigenvalue weighted by Gasteiger charge is 2.34. The van der Waals surface area contributed by atoms with Gasteiger partial charge in [-0.25, -0.2) is 18.4 Å². The molecule has 2 fully saturated rings. The fourth-order valence-electron chi connectivity index (χ4n) is 4.32. The molecule has 1 amide bonds. The van der Waals surface area contributed by atoms with E-state index in [-0.39, 0.29) is 35.1 Å². The van der Waals surface area contributed by atoms with Gasteiger partial charge in [-0.3, -0.25) is 9.69 Å². The van der Waals surface area contributed by atoms with Crippen LogP contribution < -0.4 is 0 Å². The summed E-state index contributed by atoms with van der Waals surface area (Å²) >= 11 is 1.41. The van der Waals surface area contributed by atoms with Crippen molar-refractivity contribution >= 4 is 38.4 Å². The van der Waals surface area contributed by atoms with Crippen LogP contribution in [0, 0.1) is 5.92 Å². The molecule has 0 unspecified atom stereocenters. The lowest BCUT2D eigenvalue weighted by Crippen LogP contribution is -2.44. The molecule has 0 radical (unpaired) electrons. The lowest BCUT2D eigenvalue weighted by Gasteiger charge is -2.30. The fourth-order valence-corrected chi connectivity index (χ4v) is 6.97. The Balaban J connectivity index is 1.51. The number of amides is 1. The Morgan fingerprint density at radius 1 is 1.24 bits per heavy atom. The summed E-state index contributed by atoms with van der Waals surface area (Å²) in [5.74, 6) is 1.42. The second-order valence-electron chi connectivity index (χ2n) is 9.14. The maximum absolute atomic E-state index is 13.2. The molecule has 2 saturated heterocycles. The van der Waals surface area contributed by atoms with Crippen molar-refractivity contribution in [2.75, 3.05) is 50.1 Å². The van der Waals surface area contributed by atoms with Gasteiger partial charge in [-0.05, 0) is 18.4 Å². The van der Waals surface area contributed by atoms with E-state index in [9.17, 15) is 13.2 Å². The van der Waals surface area contributed by atoms with E-state index in [0.29, 0.717) is 32.7 Å². The Bertz CT molecular complexity index is 1090. The summed E-state index contributed by atoms with van der Waals surface area (Å²) in [4.78, 5) is 26.8. The molecule has 0 N–H and O–H groups in total. The molecule has 3 heterocycles. The molecular formula is C23H32N4O4S2. The number of aromatic nitrogens is 2. The molecule has 4 rings (SSSR count). The fraction of sp³-hybridized carbons (Fsp3) is 0.609. The van der Waals surface area contributed by atoms with Crippen LogP contribution in [0.3, 0.4) is 0 Å². The number of morpholine rings is 1. The summed E-state index contributed by atoms with van der Waals surface area (Å²) in [6.45, 7) is 8.44. The second kappa shape index (κ2) is 10.7. The number of sulfone groups is 1. The lowest BCUT2D eigenvalue weighted by atomic mass is 10.1. The standard InChI is InChI=1S/C23H32N4O4S2/c1-17(2)13-27(18-7-12-33(29,30)16-18)22(28)15-32-23-19-5-3-4-6-20(19)24-21(25-23)14-26-8-10-31-11-9-26/h3-6,17-18H,7-16H2,1-2H3/t18-/m1/s1. The van der Waals surface area contributed by atoms with E-state index in [1.165, 1.54) is 11.8 Å². The minimum absolute atomic E-state index is 0.0341. The van der Waals surface area contributed by atoms with Crippen molar-refractivity contribution in [3.05, 3.63) is 30.1 Å². The highest BCUT2D eigenvalue weighted by atomic mass is 32.2. The third-order valence-corrected chi connectivity index (χ3v) is 8.67. The molecule has 8 nitrogen and oxygen atoms in total. The van der Waals surface area contributed by atoms with Crippen molar-refractivity contribution in [2.24, 2.45) is 5.92 Å². The first-order chi connectivity index (χ1) is 15.8. The van der Waals surface area contributed by atoms with Gasteiger partial charge in [0.2, 0.25) is 5.91 Å². The van der Waals surface area contributed by atoms with Gasteiger partial charge in [0.15, 0.2) is 9.84 Å². The van der Waals surface area contributed by atoms with E-state index in [1.54, 1.807) is 4.90 Å². The molecule has 10 heteroatoms. The first-order valence-electron chi connectivity index (χ1n) is 11.5. The minimum atomic E-state index is -3.06. The van der Waals surface area contributed by atoms with E-state index in [2.05, 4.69) is 4.90 Å². The Kier molecular flexibility index (Phi) is 7.88. The molecule has 0 spiro atoms. The van der Waals surface area contributed by atoms with Crippen LogP contribution in [0.25, 0.3) is 10.9 Å². The molecule has 2 aromatic rings. The monoisotopic (exact) mass is 492 g/mol. The zero-order chi connectivity index (χ0) is 23.4. The summed E-state index contributed by atoms with van der Waals surface area (Å²) in [7, 11) is -3.06. The van der Waals surface area contributed by atoms with Crippen molar-refractivity contribution in [1.29, 1.82) is 0 Å². The average molecular weight is 493 g/mol. The summed E-state index contributed by atoms with van der Waals surface area (Å²) in [6.07, 6.45) is 0.519. The predicted molar refractivity (Wildman–Crippen MR) is 130 cm³/mol. The number of thioether (sulfide) groups is 1. The SMILES string of the molecule is CC(C)CN(C(=O)CSc1nc(CN2CCOCC2)nc2ccccc12)[C@@H]1CCS(=O)(=O)C1. The number of ether oxygens (including phenoxy) is 1. The smallest absolute Gasteiger partial charge is 0.233 e. The largest absolute Gasteiger partial charge is 0.379 e. The van der Waals surface area contributed by atoms with Gasteiger partial charge >= 0.3 is 0 Å². The highest BCUT2D eigenvalue weighted by Crippen LogP contribution is 2.27. The Labute approximate surface area is 200 Å². The third-order valence-electron chi connectivity index (χ3n) is 5.95. The molecule has 2 aliphatic heterocycles. The number of rotatable bonds is 8. The zero-order valence-corrected chi connectivity index (χ0v) is 20.9. The number of benzene rings is 1. The van der Waals surface area contributed by atoms with Crippen molar-refractivity contribution in [3.8, 4) is 0 Å². The average Bonchev–Trinajstić information content (AvgIpc) is 3.15. The summed E-state index contributed by atoms with van der Waals surface area (Å²) in [5, 5.41) is 1.72. The topological polar surface area (TPSA) is 92.7 Å². The van der Waals surface area contributed by atoms with Gasteiger partial charge in [0.05, 0.1) is 42.5 Å². The van der Waals surface area contributed by atoms with Crippen LogP contribution in [0.15, 0.2) is 29.3 Å². The van der Waals surface area contributed by atoms with Crippen LogP contribution in [0.2, 0.25) is 0 Å². The van der Waals surface area contributed by atoms with E-state index in [1.807, 2.05) is 38.1 Å². The quantitative estimate of drug-likeness (QED) is 0.409. The van der Waals surface area contributed by atoms with Gasteiger partial charge in [-0.2, -0.15) is 0 Å². The number of fused-ring (bicyclic) bond motifs is 1. The number of carbonyl (C=O) groups excluding carboxylic acids is 1. The van der Waals surface area contributed by atoms with Crippen molar-refractivity contribution < 1.29 is 17.9 Å².